The van der Waals surface area contributed by atoms with Crippen LogP contribution in [-0.2, 0) is 0 Å². The summed E-state index contributed by atoms with van der Waals surface area (Å²) in [6, 6.07) is 4.94. The van der Waals surface area contributed by atoms with Crippen molar-refractivity contribution in [3.05, 3.63) is 28.2 Å². The molecule has 0 unspecified atom stereocenters. The van der Waals surface area contributed by atoms with E-state index < -0.39 is 0 Å². The molecule has 0 bridgehead atoms. The second-order valence-corrected chi connectivity index (χ2v) is 3.23. The molecule has 0 saturated heterocycles. The van der Waals surface area contributed by atoms with E-state index in [0.717, 1.165) is 0 Å². The van der Waals surface area contributed by atoms with Crippen LogP contribution in [0.4, 0.5) is 0 Å². The Morgan fingerprint density at radius 3 is 2.38 bits per heavy atom. The fourth-order valence-corrected chi connectivity index (χ4v) is 1.33. The number of hydrogen-bond donors (Lipinski definition) is 2. The number of benzene rings is 1. The monoisotopic (exact) mass is 221 g/mol. The summed E-state index contributed by atoms with van der Waals surface area (Å²) in [5.41, 5.74) is 1.98. The summed E-state index contributed by atoms with van der Waals surface area (Å²) in [6.45, 7) is 0.706. The van der Waals surface area contributed by atoms with Crippen LogP contribution in [0.25, 0.3) is 0 Å². The average molecular weight is 222 g/mol. The van der Waals surface area contributed by atoms with Crippen molar-refractivity contribution in [2.24, 2.45) is 0 Å². The fourth-order valence-electron chi connectivity index (χ4n) is 0.826. The normalized spacial score (nSPS) is 10.1. The standard InChI is InChI=1S/C8H9Cl2NO2/c9-6-3-7(10)5-8(4-6)13-2-1-11-12/h3-5,11-12H,1-2H2. The van der Waals surface area contributed by atoms with Crippen LogP contribution in [0, 0.1) is 0 Å². The van der Waals surface area contributed by atoms with Gasteiger partial charge in [0.05, 0.1) is 6.54 Å². The third-order valence-corrected chi connectivity index (χ3v) is 1.76. The van der Waals surface area contributed by atoms with E-state index in [0.29, 0.717) is 28.9 Å². The Balaban J connectivity index is 2.56. The predicted molar refractivity (Wildman–Crippen MR) is 51.7 cm³/mol. The van der Waals surface area contributed by atoms with Crippen LogP contribution in [0.15, 0.2) is 18.2 Å². The molecule has 1 rings (SSSR count). The van der Waals surface area contributed by atoms with Gasteiger partial charge in [0.25, 0.3) is 0 Å². The highest BCUT2D eigenvalue weighted by Gasteiger charge is 1.98. The van der Waals surface area contributed by atoms with E-state index in [4.69, 9.17) is 33.1 Å². The maximum atomic E-state index is 8.27. The van der Waals surface area contributed by atoms with Gasteiger partial charge in [-0.25, -0.2) is 5.48 Å². The highest BCUT2D eigenvalue weighted by atomic mass is 35.5. The topological polar surface area (TPSA) is 41.5 Å². The van der Waals surface area contributed by atoms with E-state index in [2.05, 4.69) is 0 Å². The summed E-state index contributed by atoms with van der Waals surface area (Å²) in [7, 11) is 0. The van der Waals surface area contributed by atoms with Crippen LogP contribution >= 0.6 is 23.2 Å². The smallest absolute Gasteiger partial charge is 0.122 e. The van der Waals surface area contributed by atoms with Gasteiger partial charge in [-0.1, -0.05) is 23.2 Å². The molecule has 0 aromatic heterocycles. The molecule has 13 heavy (non-hydrogen) atoms. The molecule has 1 aromatic carbocycles. The van der Waals surface area contributed by atoms with Crippen LogP contribution in [0.1, 0.15) is 0 Å². The number of nitrogens with one attached hydrogen (secondary N) is 1. The van der Waals surface area contributed by atoms with Gasteiger partial charge in [-0.2, -0.15) is 0 Å². The molecule has 72 valence electrons. The summed E-state index contributed by atoms with van der Waals surface area (Å²) in [6.07, 6.45) is 0. The van der Waals surface area contributed by atoms with Crippen molar-refractivity contribution in [1.29, 1.82) is 0 Å². The van der Waals surface area contributed by atoms with Gasteiger partial charge < -0.3 is 9.94 Å². The molecule has 2 N–H and O–H groups in total. The Labute approximate surface area is 86.2 Å². The third kappa shape index (κ3) is 3.83. The van der Waals surface area contributed by atoms with Gasteiger partial charge >= 0.3 is 0 Å². The van der Waals surface area contributed by atoms with Crippen LogP contribution in [0.2, 0.25) is 10.0 Å². The summed E-state index contributed by atoms with van der Waals surface area (Å²) in [4.78, 5) is 0. The Bertz CT molecular complexity index is 261. The highest BCUT2D eigenvalue weighted by Crippen LogP contribution is 2.23. The summed E-state index contributed by atoms with van der Waals surface area (Å²) >= 11 is 11.5. The zero-order valence-corrected chi connectivity index (χ0v) is 8.27. The number of halogens is 2. The van der Waals surface area contributed by atoms with Crippen molar-refractivity contribution < 1.29 is 9.94 Å². The molecule has 0 aliphatic carbocycles. The van der Waals surface area contributed by atoms with Gasteiger partial charge in [-0.15, -0.1) is 0 Å². The number of ether oxygens (including phenoxy) is 1. The van der Waals surface area contributed by atoms with Crippen LogP contribution in [-0.4, -0.2) is 18.4 Å². The van der Waals surface area contributed by atoms with Crippen molar-refractivity contribution >= 4 is 23.2 Å². The molecule has 0 saturated carbocycles. The molecule has 0 radical (unpaired) electrons. The van der Waals surface area contributed by atoms with E-state index in [-0.39, 0.29) is 0 Å². The molecular formula is C8H9Cl2NO2. The summed E-state index contributed by atoms with van der Waals surface area (Å²) in [5.74, 6) is 0.591. The Morgan fingerprint density at radius 1 is 1.23 bits per heavy atom. The lowest BCUT2D eigenvalue weighted by atomic mass is 10.3. The van der Waals surface area contributed by atoms with E-state index in [1.165, 1.54) is 0 Å². The SMILES string of the molecule is ONCCOc1cc(Cl)cc(Cl)c1. The quantitative estimate of drug-likeness (QED) is 0.606. The molecule has 0 amide bonds. The van der Waals surface area contributed by atoms with E-state index >= 15 is 0 Å². The molecule has 0 spiro atoms. The first kappa shape index (κ1) is 10.6. The van der Waals surface area contributed by atoms with E-state index in [9.17, 15) is 0 Å². The van der Waals surface area contributed by atoms with Crippen molar-refractivity contribution in [2.75, 3.05) is 13.2 Å². The molecule has 5 heteroatoms. The van der Waals surface area contributed by atoms with Crippen molar-refractivity contribution in [3.8, 4) is 5.75 Å². The number of hydrogen-bond acceptors (Lipinski definition) is 3. The first-order chi connectivity index (χ1) is 6.22. The molecule has 0 aliphatic heterocycles. The minimum atomic E-state index is 0.351. The maximum Gasteiger partial charge on any atom is 0.122 e. The highest BCUT2D eigenvalue weighted by molar-refractivity contribution is 6.34. The fraction of sp³-hybridized carbons (Fsp3) is 0.250. The lowest BCUT2D eigenvalue weighted by Gasteiger charge is -2.05. The van der Waals surface area contributed by atoms with Crippen LogP contribution in [0.5, 0.6) is 5.75 Å². The third-order valence-electron chi connectivity index (χ3n) is 1.32. The summed E-state index contributed by atoms with van der Waals surface area (Å²) in [5, 5.41) is 9.33. The Hall–Kier alpha value is -0.480. The minimum Gasteiger partial charge on any atom is -0.492 e. The zero-order valence-electron chi connectivity index (χ0n) is 6.76. The van der Waals surface area contributed by atoms with Gasteiger partial charge in [-0.3, -0.25) is 0 Å². The van der Waals surface area contributed by atoms with E-state index in [1.54, 1.807) is 18.2 Å². The van der Waals surface area contributed by atoms with Crippen LogP contribution < -0.4 is 10.2 Å². The first-order valence-electron chi connectivity index (χ1n) is 3.68. The predicted octanol–water partition coefficient (Wildman–Crippen LogP) is 2.35. The van der Waals surface area contributed by atoms with Crippen molar-refractivity contribution in [2.45, 2.75) is 0 Å². The van der Waals surface area contributed by atoms with Gasteiger partial charge in [0.1, 0.15) is 12.4 Å². The average Bonchev–Trinajstić information content (AvgIpc) is 2.03. The van der Waals surface area contributed by atoms with E-state index in [1.807, 2.05) is 5.48 Å². The number of rotatable bonds is 4. The summed E-state index contributed by atoms with van der Waals surface area (Å²) < 4.78 is 5.22. The number of hydroxylamine groups is 1. The largest absolute Gasteiger partial charge is 0.492 e. The second-order valence-electron chi connectivity index (χ2n) is 2.36. The molecule has 0 heterocycles. The molecule has 0 atom stereocenters. The zero-order chi connectivity index (χ0) is 9.68. The van der Waals surface area contributed by atoms with Gasteiger partial charge in [0, 0.05) is 10.0 Å². The lowest BCUT2D eigenvalue weighted by Crippen LogP contribution is -2.16. The van der Waals surface area contributed by atoms with Crippen LogP contribution in [0.3, 0.4) is 0 Å². The minimum absolute atomic E-state index is 0.351. The van der Waals surface area contributed by atoms with Gasteiger partial charge in [-0.05, 0) is 18.2 Å². The molecule has 1 aromatic rings. The molecule has 3 nitrogen and oxygen atoms in total. The maximum absolute atomic E-state index is 8.27. The molecule has 0 aliphatic rings. The lowest BCUT2D eigenvalue weighted by molar-refractivity contribution is 0.145. The Morgan fingerprint density at radius 2 is 1.85 bits per heavy atom. The second kappa shape index (κ2) is 5.29. The first-order valence-corrected chi connectivity index (χ1v) is 4.44. The molecule has 0 fully saturated rings. The van der Waals surface area contributed by atoms with Gasteiger partial charge in [0.15, 0.2) is 0 Å². The Kier molecular flexibility index (Phi) is 4.32. The van der Waals surface area contributed by atoms with Crippen molar-refractivity contribution in [3.63, 3.8) is 0 Å². The molecular weight excluding hydrogens is 213 g/mol. The van der Waals surface area contributed by atoms with Gasteiger partial charge in [0.2, 0.25) is 0 Å². The van der Waals surface area contributed by atoms with Crippen molar-refractivity contribution in [1.82, 2.24) is 5.48 Å².